The van der Waals surface area contributed by atoms with Crippen LogP contribution in [0.3, 0.4) is 0 Å². The number of aldehydes is 1. The molecular weight excluding hydrogens is 444 g/mol. The topological polar surface area (TPSA) is 131 Å². The third-order valence-corrected chi connectivity index (χ3v) is 5.91. The molecule has 0 spiro atoms. The van der Waals surface area contributed by atoms with Gasteiger partial charge in [0.1, 0.15) is 11.3 Å². The highest BCUT2D eigenvalue weighted by molar-refractivity contribution is 6.31. The molecule has 0 aliphatic carbocycles. The molecule has 1 aliphatic heterocycles. The van der Waals surface area contributed by atoms with Crippen molar-refractivity contribution in [3.8, 4) is 0 Å². The van der Waals surface area contributed by atoms with Crippen LogP contribution in [0.25, 0.3) is 11.0 Å². The third-order valence-electron chi connectivity index (χ3n) is 5.91. The number of aliphatic imine (C=N–C) groups is 1. The molecule has 0 saturated carbocycles. The molecule has 1 fully saturated rings. The van der Waals surface area contributed by atoms with Crippen molar-refractivity contribution >= 4 is 40.2 Å². The van der Waals surface area contributed by atoms with Crippen molar-refractivity contribution in [3.63, 3.8) is 0 Å². The Morgan fingerprint density at radius 2 is 1.80 bits per heavy atom. The van der Waals surface area contributed by atoms with Crippen LogP contribution in [0.15, 0.2) is 68.2 Å². The smallest absolute Gasteiger partial charge is 0.166 e. The van der Waals surface area contributed by atoms with Gasteiger partial charge in [-0.05, 0) is 50.2 Å². The van der Waals surface area contributed by atoms with Gasteiger partial charge in [0.15, 0.2) is 17.9 Å². The van der Waals surface area contributed by atoms with E-state index in [9.17, 15) is 4.79 Å². The number of furan rings is 1. The van der Waals surface area contributed by atoms with Gasteiger partial charge in [-0.2, -0.15) is 5.10 Å². The van der Waals surface area contributed by atoms with Crippen LogP contribution in [0.4, 0.5) is 11.4 Å². The average molecular weight is 475 g/mol. The van der Waals surface area contributed by atoms with Crippen LogP contribution in [0.1, 0.15) is 16.9 Å². The maximum absolute atomic E-state index is 11.7. The van der Waals surface area contributed by atoms with E-state index in [1.165, 1.54) is 0 Å². The highest BCUT2D eigenvalue weighted by Gasteiger charge is 2.25. The molecule has 9 nitrogen and oxygen atoms in total. The lowest BCUT2D eigenvalue weighted by Gasteiger charge is -2.28. The number of fused-ring (bicyclic) bond motifs is 1. The molecule has 0 amide bonds. The Labute approximate surface area is 204 Å². The lowest BCUT2D eigenvalue weighted by Crippen LogP contribution is -2.36. The number of allylic oxidation sites excluding steroid dienone is 1. The number of carbonyl (C=O) groups is 1. The number of hydrogen-bond acceptors (Lipinski definition) is 8. The summed E-state index contributed by atoms with van der Waals surface area (Å²) in [6, 6.07) is 13.8. The number of benzene rings is 2. The maximum Gasteiger partial charge on any atom is 0.166 e. The molecule has 1 saturated heterocycles. The number of ether oxygens (including phenoxy) is 1. The molecule has 1 aliphatic rings. The van der Waals surface area contributed by atoms with E-state index in [0.717, 1.165) is 35.3 Å². The van der Waals surface area contributed by atoms with Gasteiger partial charge < -0.3 is 30.9 Å². The molecule has 2 aromatic carbocycles. The summed E-state index contributed by atoms with van der Waals surface area (Å²) >= 11 is 0. The van der Waals surface area contributed by atoms with Crippen LogP contribution in [-0.4, -0.2) is 51.2 Å². The molecule has 5 N–H and O–H groups in total. The number of nitrogens with zero attached hydrogens (tertiary/aromatic N) is 3. The second-order valence-electron chi connectivity index (χ2n) is 8.30. The summed E-state index contributed by atoms with van der Waals surface area (Å²) in [5, 5.41) is 5.01. The molecule has 0 atom stereocenters. The van der Waals surface area contributed by atoms with Crippen molar-refractivity contribution < 1.29 is 13.9 Å². The number of nitrogens with one attached hydrogen (secondary N) is 1. The zero-order valence-corrected chi connectivity index (χ0v) is 20.2. The monoisotopic (exact) mass is 474 g/mol. The van der Waals surface area contributed by atoms with Gasteiger partial charge in [-0.1, -0.05) is 11.6 Å². The van der Waals surface area contributed by atoms with Crippen LogP contribution in [0.2, 0.25) is 0 Å². The summed E-state index contributed by atoms with van der Waals surface area (Å²) in [5.41, 5.74) is 19.8. The largest absolute Gasteiger partial charge is 0.454 e. The second kappa shape index (κ2) is 10.4. The van der Waals surface area contributed by atoms with E-state index >= 15 is 0 Å². The zero-order valence-electron chi connectivity index (χ0n) is 20.2. The molecule has 0 bridgehead atoms. The lowest BCUT2D eigenvalue weighted by molar-refractivity contribution is -0.105. The van der Waals surface area contributed by atoms with Crippen molar-refractivity contribution in [1.82, 2.24) is 5.43 Å². The van der Waals surface area contributed by atoms with Gasteiger partial charge >= 0.3 is 0 Å². The predicted molar refractivity (Wildman–Crippen MR) is 139 cm³/mol. The number of aryl methyl sites for hydroxylation is 2. The van der Waals surface area contributed by atoms with E-state index in [4.69, 9.17) is 25.6 Å². The first-order valence-corrected chi connectivity index (χ1v) is 11.4. The van der Waals surface area contributed by atoms with Gasteiger partial charge in [-0.15, -0.1) is 0 Å². The quantitative estimate of drug-likeness (QED) is 0.158. The highest BCUT2D eigenvalue weighted by Crippen LogP contribution is 2.30. The minimum Gasteiger partial charge on any atom is -0.454 e. The first kappa shape index (κ1) is 24.0. The van der Waals surface area contributed by atoms with Crippen molar-refractivity contribution in [1.29, 1.82) is 0 Å². The predicted octanol–water partition coefficient (Wildman–Crippen LogP) is 2.91. The molecule has 35 heavy (non-hydrogen) atoms. The first-order chi connectivity index (χ1) is 16.9. The van der Waals surface area contributed by atoms with E-state index in [-0.39, 0.29) is 17.1 Å². The molecule has 1 aromatic heterocycles. The molecule has 2 heterocycles. The van der Waals surface area contributed by atoms with Gasteiger partial charge in [-0.3, -0.25) is 4.79 Å². The fourth-order valence-electron chi connectivity index (χ4n) is 4.11. The summed E-state index contributed by atoms with van der Waals surface area (Å²) in [5.74, 6) is 0.494. The van der Waals surface area contributed by atoms with Gasteiger partial charge in [0.2, 0.25) is 0 Å². The number of hydrogen-bond donors (Lipinski definition) is 3. The Hall–Kier alpha value is -4.11. The third kappa shape index (κ3) is 5.04. The summed E-state index contributed by atoms with van der Waals surface area (Å²) < 4.78 is 11.7. The molecule has 4 rings (SSSR count). The van der Waals surface area contributed by atoms with Gasteiger partial charge in [0, 0.05) is 36.8 Å². The van der Waals surface area contributed by atoms with E-state index < -0.39 is 0 Å². The van der Waals surface area contributed by atoms with Crippen LogP contribution < -0.4 is 21.8 Å². The lowest BCUT2D eigenvalue weighted by atomic mass is 10.0. The molecule has 3 aromatic rings. The minimum atomic E-state index is -0.0961. The summed E-state index contributed by atoms with van der Waals surface area (Å²) in [7, 11) is 1.61. The number of nitrogens with two attached hydrogens (primary N) is 2. The Bertz CT molecular complexity index is 1310. The van der Waals surface area contributed by atoms with E-state index in [1.54, 1.807) is 7.05 Å². The van der Waals surface area contributed by atoms with Gasteiger partial charge in [0.05, 0.1) is 30.2 Å². The summed E-state index contributed by atoms with van der Waals surface area (Å²) in [6.07, 6.45) is 0.534. The Balaban J connectivity index is 1.88. The standard InChI is InChI=1S/C26H30N6O3/c1-16-4-9-22-20(14-16)17(2)25(35-22)24(23(21(27)15-33)26(28)31-29-3)30-18-5-7-19(8-6-18)32-10-12-34-13-11-32/h4-9,14-15,29H,10-13,27H2,1-3H3,(H2,28,31). The molecule has 0 unspecified atom stereocenters. The SMILES string of the molecule is CN/N=C(/N)C(C(=Nc1ccc(N2CCOCC2)cc1)c1oc2ccc(C)cc2c1C)=C(N)C=O. The summed E-state index contributed by atoms with van der Waals surface area (Å²) in [4.78, 5) is 18.9. The van der Waals surface area contributed by atoms with Crippen LogP contribution >= 0.6 is 0 Å². The second-order valence-corrected chi connectivity index (χ2v) is 8.30. The van der Waals surface area contributed by atoms with Crippen molar-refractivity contribution in [2.45, 2.75) is 13.8 Å². The van der Waals surface area contributed by atoms with E-state index in [2.05, 4.69) is 15.4 Å². The first-order valence-electron chi connectivity index (χ1n) is 11.4. The number of morpholine rings is 1. The van der Waals surface area contributed by atoms with E-state index in [0.29, 0.717) is 42.2 Å². The van der Waals surface area contributed by atoms with Crippen molar-refractivity contribution in [2.75, 3.05) is 38.3 Å². The molecule has 9 heteroatoms. The summed E-state index contributed by atoms with van der Waals surface area (Å²) in [6.45, 7) is 7.05. The highest BCUT2D eigenvalue weighted by atomic mass is 16.5. The van der Waals surface area contributed by atoms with Gasteiger partial charge in [0.25, 0.3) is 0 Å². The zero-order chi connectivity index (χ0) is 24.9. The Morgan fingerprint density at radius 1 is 1.09 bits per heavy atom. The normalized spacial score (nSPS) is 15.8. The Kier molecular flexibility index (Phi) is 7.17. The number of rotatable bonds is 7. The van der Waals surface area contributed by atoms with Crippen LogP contribution in [0.5, 0.6) is 0 Å². The van der Waals surface area contributed by atoms with Crippen molar-refractivity contribution in [3.05, 3.63) is 70.6 Å². The average Bonchev–Trinajstić information content (AvgIpc) is 3.20. The minimum absolute atomic E-state index is 0.0248. The van der Waals surface area contributed by atoms with Crippen molar-refractivity contribution in [2.24, 2.45) is 21.6 Å². The fraction of sp³-hybridized carbons (Fsp3) is 0.269. The van der Waals surface area contributed by atoms with E-state index in [1.807, 2.05) is 56.3 Å². The number of carbonyl (C=O) groups excluding carboxylic acids is 1. The number of anilines is 1. The number of amidine groups is 1. The maximum atomic E-state index is 11.7. The van der Waals surface area contributed by atoms with Crippen LogP contribution in [0, 0.1) is 13.8 Å². The van der Waals surface area contributed by atoms with Gasteiger partial charge in [-0.25, -0.2) is 4.99 Å². The molecular formula is C26H30N6O3. The number of hydrazone groups is 1. The Morgan fingerprint density at radius 3 is 2.46 bits per heavy atom. The fourth-order valence-corrected chi connectivity index (χ4v) is 4.11. The molecule has 182 valence electrons. The van der Waals surface area contributed by atoms with Crippen LogP contribution in [-0.2, 0) is 9.53 Å². The molecule has 0 radical (unpaired) electrons.